The number of carbonyl (C=O) groups excluding carboxylic acids is 2. The number of hydrogen-bond acceptors (Lipinski definition) is 6. The van der Waals surface area contributed by atoms with Gasteiger partial charge in [0.05, 0.1) is 7.11 Å². The number of nitrogens with one attached hydrogen (secondary N) is 1. The maximum Gasteiger partial charge on any atom is 0.322 e. The van der Waals surface area contributed by atoms with Crippen molar-refractivity contribution < 1.29 is 14.3 Å². The number of hydrogen-bond donors (Lipinski definition) is 1. The Bertz CT molecular complexity index is 1310. The van der Waals surface area contributed by atoms with Crippen molar-refractivity contribution in [3.8, 4) is 5.75 Å². The van der Waals surface area contributed by atoms with Crippen LogP contribution in [0.4, 0.5) is 16.3 Å². The zero-order valence-corrected chi connectivity index (χ0v) is 22.7. The summed E-state index contributed by atoms with van der Waals surface area (Å²) in [4.78, 5) is 41.2. The number of aromatic nitrogens is 2. The minimum Gasteiger partial charge on any atom is -0.497 e. The van der Waals surface area contributed by atoms with Crippen molar-refractivity contribution in [2.45, 2.75) is 32.2 Å². The molecule has 9 nitrogen and oxygen atoms in total. The molecule has 3 aliphatic heterocycles. The predicted octanol–water partition coefficient (Wildman–Crippen LogP) is 4.30. The Hall–Kier alpha value is -4.14. The molecule has 0 aliphatic carbocycles. The van der Waals surface area contributed by atoms with Crippen molar-refractivity contribution in [1.82, 2.24) is 19.8 Å². The van der Waals surface area contributed by atoms with Gasteiger partial charge in [-0.1, -0.05) is 32.2 Å². The van der Waals surface area contributed by atoms with Gasteiger partial charge in [0, 0.05) is 50.5 Å². The second-order valence-electron chi connectivity index (χ2n) is 10.4. The van der Waals surface area contributed by atoms with E-state index in [2.05, 4.69) is 40.3 Å². The molecule has 1 fully saturated rings. The highest BCUT2D eigenvalue weighted by Crippen LogP contribution is 2.29. The third-order valence-electron chi connectivity index (χ3n) is 8.05. The SMILES string of the molecule is C=CC1=C(C=C)C(C)CN(C(=O)c2cc(N3CCC(N4CCc5cc(OC)ccc5NC4=O)CC3)ncn2)C1. The Morgan fingerprint density at radius 2 is 1.92 bits per heavy atom. The van der Waals surface area contributed by atoms with Crippen LogP contribution in [0.3, 0.4) is 0 Å². The van der Waals surface area contributed by atoms with Crippen LogP contribution >= 0.6 is 0 Å². The minimum atomic E-state index is -0.111. The van der Waals surface area contributed by atoms with Crippen LogP contribution in [-0.2, 0) is 6.42 Å². The number of piperidine rings is 1. The van der Waals surface area contributed by atoms with E-state index in [4.69, 9.17) is 4.74 Å². The number of fused-ring (bicyclic) bond motifs is 1. The molecule has 0 spiro atoms. The van der Waals surface area contributed by atoms with Crippen molar-refractivity contribution >= 4 is 23.4 Å². The van der Waals surface area contributed by atoms with E-state index >= 15 is 0 Å². The third-order valence-corrected chi connectivity index (χ3v) is 8.05. The lowest BCUT2D eigenvalue weighted by molar-refractivity contribution is 0.0740. The van der Waals surface area contributed by atoms with Crippen LogP contribution in [0.5, 0.6) is 5.75 Å². The highest BCUT2D eigenvalue weighted by molar-refractivity contribution is 5.93. The number of rotatable bonds is 6. The van der Waals surface area contributed by atoms with Crippen LogP contribution < -0.4 is 15.0 Å². The maximum atomic E-state index is 13.4. The number of amides is 3. The fourth-order valence-corrected chi connectivity index (χ4v) is 5.89. The van der Waals surface area contributed by atoms with E-state index in [1.807, 2.05) is 40.2 Å². The second-order valence-corrected chi connectivity index (χ2v) is 10.4. The number of nitrogens with zero attached hydrogens (tertiary/aromatic N) is 5. The van der Waals surface area contributed by atoms with Crippen LogP contribution in [0.2, 0.25) is 0 Å². The first-order chi connectivity index (χ1) is 18.9. The summed E-state index contributed by atoms with van der Waals surface area (Å²) in [7, 11) is 1.65. The molecule has 0 saturated carbocycles. The lowest BCUT2D eigenvalue weighted by Gasteiger charge is -2.38. The number of ether oxygens (including phenoxy) is 1. The number of carbonyl (C=O) groups is 2. The van der Waals surface area contributed by atoms with Gasteiger partial charge in [-0.2, -0.15) is 0 Å². The van der Waals surface area contributed by atoms with Gasteiger partial charge in [0.15, 0.2) is 0 Å². The summed E-state index contributed by atoms with van der Waals surface area (Å²) in [6, 6.07) is 7.63. The number of benzene rings is 1. The topological polar surface area (TPSA) is 90.9 Å². The number of allylic oxidation sites excluding steroid dienone is 1. The van der Waals surface area contributed by atoms with Gasteiger partial charge >= 0.3 is 6.03 Å². The fourth-order valence-electron chi connectivity index (χ4n) is 5.89. The van der Waals surface area contributed by atoms with Gasteiger partial charge in [0.2, 0.25) is 0 Å². The van der Waals surface area contributed by atoms with E-state index in [1.165, 1.54) is 6.33 Å². The maximum absolute atomic E-state index is 13.4. The molecule has 3 amide bonds. The molecule has 0 bridgehead atoms. The zero-order chi connectivity index (χ0) is 27.5. The van der Waals surface area contributed by atoms with E-state index in [-0.39, 0.29) is 23.9 Å². The monoisotopic (exact) mass is 528 g/mol. The summed E-state index contributed by atoms with van der Waals surface area (Å²) >= 11 is 0. The van der Waals surface area contributed by atoms with Crippen molar-refractivity contribution in [2.24, 2.45) is 5.92 Å². The van der Waals surface area contributed by atoms with Crippen LogP contribution in [0.25, 0.3) is 0 Å². The first kappa shape index (κ1) is 26.5. The molecule has 1 saturated heterocycles. The highest BCUT2D eigenvalue weighted by Gasteiger charge is 2.31. The average Bonchev–Trinajstić information content (AvgIpc) is 3.13. The summed E-state index contributed by atoms with van der Waals surface area (Å²) in [5.41, 5.74) is 4.48. The smallest absolute Gasteiger partial charge is 0.322 e. The van der Waals surface area contributed by atoms with Gasteiger partial charge in [-0.05, 0) is 60.1 Å². The molecule has 1 aromatic carbocycles. The van der Waals surface area contributed by atoms with Gasteiger partial charge in [0.1, 0.15) is 23.6 Å². The molecule has 204 valence electrons. The van der Waals surface area contributed by atoms with Gasteiger partial charge in [-0.3, -0.25) is 4.79 Å². The quantitative estimate of drug-likeness (QED) is 0.601. The van der Waals surface area contributed by atoms with Crippen molar-refractivity contribution in [3.63, 3.8) is 0 Å². The Morgan fingerprint density at radius 1 is 1.13 bits per heavy atom. The number of methoxy groups -OCH3 is 1. The van der Waals surface area contributed by atoms with E-state index < -0.39 is 0 Å². The minimum absolute atomic E-state index is 0.0596. The largest absolute Gasteiger partial charge is 0.497 e. The predicted molar refractivity (Wildman–Crippen MR) is 152 cm³/mol. The molecule has 1 N–H and O–H groups in total. The molecule has 2 aromatic rings. The molecule has 0 radical (unpaired) electrons. The summed E-state index contributed by atoms with van der Waals surface area (Å²) in [6.07, 6.45) is 7.55. The van der Waals surface area contributed by atoms with Crippen molar-refractivity contribution in [3.05, 3.63) is 78.3 Å². The van der Waals surface area contributed by atoms with Gasteiger partial charge < -0.3 is 24.8 Å². The normalized spacial score (nSPS) is 20.2. The Kier molecular flexibility index (Phi) is 7.67. The van der Waals surface area contributed by atoms with Crippen LogP contribution in [0, 0.1) is 5.92 Å². The van der Waals surface area contributed by atoms with Crippen LogP contribution in [-0.4, -0.2) is 77.6 Å². The molecule has 4 heterocycles. The molecule has 1 atom stereocenters. The summed E-state index contributed by atoms with van der Waals surface area (Å²) in [5.74, 6) is 1.60. The molecule has 1 unspecified atom stereocenters. The van der Waals surface area contributed by atoms with Crippen LogP contribution in [0.15, 0.2) is 67.0 Å². The second kappa shape index (κ2) is 11.3. The highest BCUT2D eigenvalue weighted by atomic mass is 16.5. The lowest BCUT2D eigenvalue weighted by Crippen LogP contribution is -2.49. The average molecular weight is 529 g/mol. The number of anilines is 2. The van der Waals surface area contributed by atoms with E-state index in [9.17, 15) is 9.59 Å². The van der Waals surface area contributed by atoms with Gasteiger partial charge in [0.25, 0.3) is 5.91 Å². The van der Waals surface area contributed by atoms with E-state index in [0.29, 0.717) is 25.3 Å². The third kappa shape index (κ3) is 5.39. The molecular formula is C30H36N6O3. The van der Waals surface area contributed by atoms with Gasteiger partial charge in [-0.15, -0.1) is 0 Å². The first-order valence-corrected chi connectivity index (χ1v) is 13.5. The van der Waals surface area contributed by atoms with Crippen LogP contribution in [0.1, 0.15) is 35.8 Å². The molecule has 39 heavy (non-hydrogen) atoms. The Balaban J connectivity index is 1.22. The fraction of sp³-hybridized carbons (Fsp3) is 0.400. The lowest BCUT2D eigenvalue weighted by atomic mass is 9.91. The number of urea groups is 1. The van der Waals surface area contributed by atoms with Gasteiger partial charge in [-0.25, -0.2) is 14.8 Å². The van der Waals surface area contributed by atoms with Crippen molar-refractivity contribution in [1.29, 1.82) is 0 Å². The molecule has 3 aliphatic rings. The Morgan fingerprint density at radius 3 is 2.64 bits per heavy atom. The van der Waals surface area contributed by atoms with Crippen molar-refractivity contribution in [2.75, 3.05) is 50.1 Å². The Labute approximate surface area is 229 Å². The molecule has 1 aromatic heterocycles. The summed E-state index contributed by atoms with van der Waals surface area (Å²) in [5, 5.41) is 3.07. The molecule has 5 rings (SSSR count). The molecule has 9 heteroatoms. The standard InChI is InChI=1S/C30H36N6O3/c1-5-21-18-35(17-20(3)25(21)6-2)29(37)27-16-28(32-19-31-27)34-12-10-23(11-13-34)36-14-9-22-15-24(39-4)7-8-26(22)33-30(36)38/h5-8,15-16,19-20,23H,1-2,9-14,17-18H2,3-4H3,(H,33,38). The van der Waals surface area contributed by atoms with E-state index in [0.717, 1.165) is 66.3 Å². The molecular weight excluding hydrogens is 492 g/mol. The first-order valence-electron chi connectivity index (χ1n) is 13.5. The summed E-state index contributed by atoms with van der Waals surface area (Å²) < 4.78 is 5.35. The zero-order valence-electron chi connectivity index (χ0n) is 22.7. The summed E-state index contributed by atoms with van der Waals surface area (Å²) in [6.45, 7) is 13.2. The van der Waals surface area contributed by atoms with E-state index in [1.54, 1.807) is 13.2 Å².